The monoisotopic (exact) mass is 276 g/mol. The molecule has 2 atom stereocenters. The van der Waals surface area contributed by atoms with Crippen LogP contribution in [0.25, 0.3) is 0 Å². The van der Waals surface area contributed by atoms with Gasteiger partial charge < -0.3 is 20.1 Å². The zero-order chi connectivity index (χ0) is 13.9. The molecule has 0 unspecified atom stereocenters. The van der Waals surface area contributed by atoms with E-state index in [0.717, 1.165) is 50.7 Å². The normalized spacial score (nSPS) is 24.9. The first-order valence-corrected chi connectivity index (χ1v) is 7.55. The molecule has 2 aliphatic rings. The second-order valence-corrected chi connectivity index (χ2v) is 5.84. The summed E-state index contributed by atoms with van der Waals surface area (Å²) < 4.78 is 11.3. The highest BCUT2D eigenvalue weighted by molar-refractivity contribution is 5.44. The molecule has 2 heterocycles. The molecule has 1 saturated heterocycles. The van der Waals surface area contributed by atoms with E-state index in [9.17, 15) is 0 Å². The number of methoxy groups -OCH3 is 1. The molecule has 1 fully saturated rings. The highest BCUT2D eigenvalue weighted by Gasteiger charge is 2.38. The van der Waals surface area contributed by atoms with Crippen molar-refractivity contribution < 1.29 is 9.47 Å². The first-order chi connectivity index (χ1) is 9.81. The molecule has 4 nitrogen and oxygen atoms in total. The fourth-order valence-electron chi connectivity index (χ4n) is 3.42. The van der Waals surface area contributed by atoms with E-state index in [4.69, 9.17) is 15.2 Å². The molecular weight excluding hydrogens is 252 g/mol. The Bertz CT molecular complexity index is 464. The highest BCUT2D eigenvalue weighted by Crippen LogP contribution is 2.42. The van der Waals surface area contributed by atoms with Crippen molar-refractivity contribution >= 4 is 0 Å². The van der Waals surface area contributed by atoms with E-state index in [1.807, 2.05) is 12.1 Å². The number of ether oxygens (including phenoxy) is 2. The lowest BCUT2D eigenvalue weighted by Gasteiger charge is -2.28. The van der Waals surface area contributed by atoms with Crippen LogP contribution in [0.5, 0.6) is 11.5 Å². The van der Waals surface area contributed by atoms with E-state index >= 15 is 0 Å². The number of nitrogens with zero attached hydrogens (tertiary/aromatic N) is 1. The minimum atomic E-state index is 0.590. The summed E-state index contributed by atoms with van der Waals surface area (Å²) in [5, 5.41) is 0. The molecule has 0 amide bonds. The van der Waals surface area contributed by atoms with Gasteiger partial charge in [0.15, 0.2) is 0 Å². The first-order valence-electron chi connectivity index (χ1n) is 7.55. The maximum Gasteiger partial charge on any atom is 0.123 e. The minimum absolute atomic E-state index is 0.590. The standard InChI is InChI=1S/C16H24N2O2/c1-19-13-4-5-16-14(8-13)15-10-18(7-3-2-6-17)9-12(15)11-20-16/h4-5,8,12,15H,2-3,6-7,9-11,17H2,1H3/t12-,15-/m1/s1. The van der Waals surface area contributed by atoms with E-state index in [0.29, 0.717) is 11.8 Å². The van der Waals surface area contributed by atoms with Crippen LogP contribution in [0.2, 0.25) is 0 Å². The second kappa shape index (κ2) is 6.02. The van der Waals surface area contributed by atoms with Crippen molar-refractivity contribution in [3.63, 3.8) is 0 Å². The summed E-state index contributed by atoms with van der Waals surface area (Å²) in [5.41, 5.74) is 6.89. The van der Waals surface area contributed by atoms with Gasteiger partial charge in [0.25, 0.3) is 0 Å². The fraction of sp³-hybridized carbons (Fsp3) is 0.625. The predicted molar refractivity (Wildman–Crippen MR) is 79.4 cm³/mol. The molecule has 110 valence electrons. The van der Waals surface area contributed by atoms with Crippen LogP contribution in [0, 0.1) is 5.92 Å². The van der Waals surface area contributed by atoms with Gasteiger partial charge in [0.2, 0.25) is 0 Å². The van der Waals surface area contributed by atoms with E-state index in [-0.39, 0.29) is 0 Å². The van der Waals surface area contributed by atoms with Crippen molar-refractivity contribution in [1.82, 2.24) is 4.90 Å². The predicted octanol–water partition coefficient (Wildman–Crippen LogP) is 1.84. The number of benzene rings is 1. The number of likely N-dealkylation sites (tertiary alicyclic amines) is 1. The summed E-state index contributed by atoms with van der Waals surface area (Å²) in [4.78, 5) is 2.56. The Hall–Kier alpha value is -1.26. The lowest BCUT2D eigenvalue weighted by Crippen LogP contribution is -2.25. The van der Waals surface area contributed by atoms with Crippen molar-refractivity contribution in [3.8, 4) is 11.5 Å². The van der Waals surface area contributed by atoms with Crippen LogP contribution in [0.1, 0.15) is 24.3 Å². The molecule has 1 aromatic carbocycles. The molecule has 2 N–H and O–H groups in total. The number of hydrogen-bond donors (Lipinski definition) is 1. The molecule has 0 aliphatic carbocycles. The van der Waals surface area contributed by atoms with Crippen LogP contribution < -0.4 is 15.2 Å². The molecule has 3 rings (SSSR count). The third-order valence-corrected chi connectivity index (χ3v) is 4.51. The Morgan fingerprint density at radius 1 is 1.35 bits per heavy atom. The maximum absolute atomic E-state index is 5.91. The number of fused-ring (bicyclic) bond motifs is 3. The average Bonchev–Trinajstić information content (AvgIpc) is 2.90. The van der Waals surface area contributed by atoms with Gasteiger partial charge in [-0.3, -0.25) is 0 Å². The van der Waals surface area contributed by atoms with Crippen molar-refractivity contribution in [2.75, 3.05) is 39.9 Å². The molecule has 4 heteroatoms. The summed E-state index contributed by atoms with van der Waals surface area (Å²) in [6, 6.07) is 6.17. The lowest BCUT2D eigenvalue weighted by atomic mass is 9.87. The molecule has 2 aliphatic heterocycles. The van der Waals surface area contributed by atoms with E-state index in [1.165, 1.54) is 12.0 Å². The van der Waals surface area contributed by atoms with Crippen LogP contribution in [0.15, 0.2) is 18.2 Å². The molecular formula is C16H24N2O2. The van der Waals surface area contributed by atoms with Crippen LogP contribution in [0.4, 0.5) is 0 Å². The Kier molecular flexibility index (Phi) is 4.13. The van der Waals surface area contributed by atoms with Crippen molar-refractivity contribution in [3.05, 3.63) is 23.8 Å². The second-order valence-electron chi connectivity index (χ2n) is 5.84. The van der Waals surface area contributed by atoms with Gasteiger partial charge in [0.05, 0.1) is 13.7 Å². The van der Waals surface area contributed by atoms with E-state index < -0.39 is 0 Å². The number of rotatable bonds is 5. The van der Waals surface area contributed by atoms with Crippen molar-refractivity contribution in [1.29, 1.82) is 0 Å². The van der Waals surface area contributed by atoms with Gasteiger partial charge in [0.1, 0.15) is 11.5 Å². The maximum atomic E-state index is 5.91. The summed E-state index contributed by atoms with van der Waals surface area (Å²) >= 11 is 0. The van der Waals surface area contributed by atoms with Crippen molar-refractivity contribution in [2.24, 2.45) is 11.7 Å². The largest absolute Gasteiger partial charge is 0.497 e. The summed E-state index contributed by atoms with van der Waals surface area (Å²) in [6.07, 6.45) is 2.31. The zero-order valence-corrected chi connectivity index (χ0v) is 12.2. The van der Waals surface area contributed by atoms with Gasteiger partial charge in [0, 0.05) is 30.5 Å². The highest BCUT2D eigenvalue weighted by atomic mass is 16.5. The number of hydrogen-bond acceptors (Lipinski definition) is 4. The van der Waals surface area contributed by atoms with E-state index in [1.54, 1.807) is 7.11 Å². The Labute approximate surface area is 120 Å². The topological polar surface area (TPSA) is 47.7 Å². The van der Waals surface area contributed by atoms with Crippen LogP contribution in [-0.4, -0.2) is 44.8 Å². The van der Waals surface area contributed by atoms with E-state index in [2.05, 4.69) is 11.0 Å². The molecule has 0 spiro atoms. The SMILES string of the molecule is COc1ccc2c(c1)[C@@H]1CN(CCCCN)C[C@@H]1CO2. The fourth-order valence-corrected chi connectivity index (χ4v) is 3.42. The summed E-state index contributed by atoms with van der Waals surface area (Å²) in [7, 11) is 1.72. The zero-order valence-electron chi connectivity index (χ0n) is 12.2. The molecule has 0 aromatic heterocycles. The quantitative estimate of drug-likeness (QED) is 0.834. The Morgan fingerprint density at radius 2 is 2.25 bits per heavy atom. The van der Waals surface area contributed by atoms with Gasteiger partial charge in [-0.2, -0.15) is 0 Å². The van der Waals surface area contributed by atoms with Crippen molar-refractivity contribution in [2.45, 2.75) is 18.8 Å². The lowest BCUT2D eigenvalue weighted by molar-refractivity contribution is 0.212. The number of nitrogens with two attached hydrogens (primary N) is 1. The van der Waals surface area contributed by atoms with Gasteiger partial charge in [-0.1, -0.05) is 0 Å². The third kappa shape index (κ3) is 2.63. The van der Waals surface area contributed by atoms with Gasteiger partial charge >= 0.3 is 0 Å². The molecule has 1 aromatic rings. The van der Waals surface area contributed by atoms with Crippen LogP contribution in [0.3, 0.4) is 0 Å². The minimum Gasteiger partial charge on any atom is -0.497 e. The Morgan fingerprint density at radius 3 is 3.05 bits per heavy atom. The van der Waals surface area contributed by atoms with Gasteiger partial charge in [-0.15, -0.1) is 0 Å². The third-order valence-electron chi connectivity index (χ3n) is 4.51. The van der Waals surface area contributed by atoms with Gasteiger partial charge in [-0.05, 0) is 44.1 Å². The summed E-state index contributed by atoms with van der Waals surface area (Å²) in [6.45, 7) is 5.08. The average molecular weight is 276 g/mol. The first kappa shape index (κ1) is 13.7. The molecule has 0 radical (unpaired) electrons. The van der Waals surface area contributed by atoms with Crippen LogP contribution in [-0.2, 0) is 0 Å². The summed E-state index contributed by atoms with van der Waals surface area (Å²) in [5.74, 6) is 3.17. The number of unbranched alkanes of at least 4 members (excludes halogenated alkanes) is 1. The molecule has 0 saturated carbocycles. The molecule has 20 heavy (non-hydrogen) atoms. The van der Waals surface area contributed by atoms with Crippen LogP contribution >= 0.6 is 0 Å². The Balaban J connectivity index is 1.72. The molecule has 0 bridgehead atoms. The van der Waals surface area contributed by atoms with Gasteiger partial charge in [-0.25, -0.2) is 0 Å². The smallest absolute Gasteiger partial charge is 0.123 e.